The van der Waals surface area contributed by atoms with Gasteiger partial charge in [-0.2, -0.15) is 0 Å². The summed E-state index contributed by atoms with van der Waals surface area (Å²) >= 11 is 0. The van der Waals surface area contributed by atoms with E-state index in [-0.39, 0.29) is 24.4 Å². The molecule has 0 saturated carbocycles. The maximum atomic E-state index is 12.4. The average Bonchev–Trinajstić information content (AvgIpc) is 2.65. The van der Waals surface area contributed by atoms with E-state index in [1.165, 1.54) is 0 Å². The minimum absolute atomic E-state index is 0.188. The molecular formula is C20H30N2O5. The van der Waals surface area contributed by atoms with Crippen LogP contribution in [0.4, 0.5) is 4.79 Å². The van der Waals surface area contributed by atoms with Crippen molar-refractivity contribution in [1.82, 2.24) is 10.2 Å². The molecule has 0 aromatic heterocycles. The van der Waals surface area contributed by atoms with E-state index in [2.05, 4.69) is 12.2 Å². The van der Waals surface area contributed by atoms with Crippen LogP contribution in [0.15, 0.2) is 18.2 Å². The summed E-state index contributed by atoms with van der Waals surface area (Å²) in [5, 5.41) is 12.2. The lowest BCUT2D eigenvalue weighted by atomic mass is 9.91. The summed E-state index contributed by atoms with van der Waals surface area (Å²) in [6.45, 7) is 5.44. The third-order valence-electron chi connectivity index (χ3n) is 4.93. The molecule has 1 heterocycles. The van der Waals surface area contributed by atoms with Gasteiger partial charge in [0, 0.05) is 19.6 Å². The molecule has 150 valence electrons. The molecule has 1 fully saturated rings. The van der Waals surface area contributed by atoms with Crippen LogP contribution in [-0.2, 0) is 11.2 Å². The van der Waals surface area contributed by atoms with Crippen molar-refractivity contribution in [3.05, 3.63) is 23.8 Å². The van der Waals surface area contributed by atoms with Crippen molar-refractivity contribution in [3.63, 3.8) is 0 Å². The van der Waals surface area contributed by atoms with Gasteiger partial charge in [0.05, 0.1) is 20.1 Å². The number of carbonyl (C=O) groups is 2. The third kappa shape index (κ3) is 5.77. The number of carboxylic acids is 1. The van der Waals surface area contributed by atoms with E-state index >= 15 is 0 Å². The molecule has 2 amide bonds. The Morgan fingerprint density at radius 2 is 1.96 bits per heavy atom. The number of ether oxygens (including phenoxy) is 2. The zero-order valence-electron chi connectivity index (χ0n) is 16.5. The second-order valence-electron chi connectivity index (χ2n) is 7.47. The fourth-order valence-corrected chi connectivity index (χ4v) is 3.55. The third-order valence-corrected chi connectivity index (χ3v) is 4.93. The number of methoxy groups -OCH3 is 2. The van der Waals surface area contributed by atoms with Crippen LogP contribution >= 0.6 is 0 Å². The number of hydrogen-bond acceptors (Lipinski definition) is 4. The predicted octanol–water partition coefficient (Wildman–Crippen LogP) is 2.63. The summed E-state index contributed by atoms with van der Waals surface area (Å²) in [5.74, 6) is 0.479. The number of likely N-dealkylation sites (tertiary alicyclic amines) is 1. The summed E-state index contributed by atoms with van der Waals surface area (Å²) in [5.41, 5.74) is 1.10. The Hall–Kier alpha value is -2.44. The molecule has 1 aromatic rings. The van der Waals surface area contributed by atoms with Crippen LogP contribution < -0.4 is 14.8 Å². The highest BCUT2D eigenvalue weighted by molar-refractivity contribution is 5.76. The van der Waals surface area contributed by atoms with Crippen molar-refractivity contribution in [2.45, 2.75) is 26.7 Å². The molecule has 27 heavy (non-hydrogen) atoms. The van der Waals surface area contributed by atoms with E-state index in [0.717, 1.165) is 12.0 Å². The fourth-order valence-electron chi connectivity index (χ4n) is 3.55. The number of benzene rings is 1. The van der Waals surface area contributed by atoms with E-state index in [1.54, 1.807) is 19.1 Å². The SMILES string of the molecule is COc1ccc(CC(C)CNC(=O)N2CC(C)CC(C(=O)O)C2)cc1OC. The molecule has 3 atom stereocenters. The summed E-state index contributed by atoms with van der Waals surface area (Å²) in [7, 11) is 3.21. The first kappa shape index (κ1) is 20.9. The van der Waals surface area contributed by atoms with Crippen LogP contribution in [-0.4, -0.2) is 55.9 Å². The zero-order chi connectivity index (χ0) is 20.0. The van der Waals surface area contributed by atoms with Crippen molar-refractivity contribution >= 4 is 12.0 Å². The van der Waals surface area contributed by atoms with Gasteiger partial charge in [-0.1, -0.05) is 19.9 Å². The van der Waals surface area contributed by atoms with Crippen molar-refractivity contribution in [2.24, 2.45) is 17.8 Å². The highest BCUT2D eigenvalue weighted by Crippen LogP contribution is 2.28. The number of rotatable bonds is 7. The highest BCUT2D eigenvalue weighted by atomic mass is 16.5. The number of nitrogens with zero attached hydrogens (tertiary/aromatic N) is 1. The summed E-state index contributed by atoms with van der Waals surface area (Å²) in [6.07, 6.45) is 1.41. The van der Waals surface area contributed by atoms with Crippen molar-refractivity contribution in [1.29, 1.82) is 0 Å². The summed E-state index contributed by atoms with van der Waals surface area (Å²) in [6, 6.07) is 5.62. The zero-order valence-corrected chi connectivity index (χ0v) is 16.5. The molecule has 3 unspecified atom stereocenters. The van der Waals surface area contributed by atoms with E-state index in [4.69, 9.17) is 9.47 Å². The predicted molar refractivity (Wildman–Crippen MR) is 102 cm³/mol. The quantitative estimate of drug-likeness (QED) is 0.761. The molecule has 0 spiro atoms. The van der Waals surface area contributed by atoms with Gasteiger partial charge in [-0.3, -0.25) is 4.79 Å². The largest absolute Gasteiger partial charge is 0.493 e. The highest BCUT2D eigenvalue weighted by Gasteiger charge is 2.31. The fraction of sp³-hybridized carbons (Fsp3) is 0.600. The number of piperidine rings is 1. The average molecular weight is 378 g/mol. The number of urea groups is 1. The minimum atomic E-state index is -0.832. The van der Waals surface area contributed by atoms with Gasteiger partial charge in [-0.15, -0.1) is 0 Å². The van der Waals surface area contributed by atoms with Crippen LogP contribution in [0.5, 0.6) is 11.5 Å². The second kappa shape index (κ2) is 9.48. The Labute approximate surface area is 160 Å². The molecule has 2 N–H and O–H groups in total. The molecule has 7 heteroatoms. The van der Waals surface area contributed by atoms with Crippen molar-refractivity contribution < 1.29 is 24.2 Å². The molecular weight excluding hydrogens is 348 g/mol. The molecule has 0 bridgehead atoms. The first-order valence-electron chi connectivity index (χ1n) is 9.30. The number of carboxylic acid groups (broad SMARTS) is 1. The first-order valence-corrected chi connectivity index (χ1v) is 9.30. The first-order chi connectivity index (χ1) is 12.8. The van der Waals surface area contributed by atoms with Gasteiger partial charge in [-0.25, -0.2) is 4.79 Å². The minimum Gasteiger partial charge on any atom is -0.493 e. The normalized spacial score (nSPS) is 20.7. The molecule has 0 radical (unpaired) electrons. The van der Waals surface area contributed by atoms with Crippen LogP contribution in [0.25, 0.3) is 0 Å². The van der Waals surface area contributed by atoms with E-state index in [0.29, 0.717) is 31.0 Å². The molecule has 7 nitrogen and oxygen atoms in total. The molecule has 1 saturated heterocycles. The summed E-state index contributed by atoms with van der Waals surface area (Å²) < 4.78 is 10.6. The second-order valence-corrected chi connectivity index (χ2v) is 7.47. The number of hydrogen-bond donors (Lipinski definition) is 2. The Morgan fingerprint density at radius 1 is 1.26 bits per heavy atom. The Balaban J connectivity index is 1.86. The monoisotopic (exact) mass is 378 g/mol. The van der Waals surface area contributed by atoms with Gasteiger partial charge in [0.2, 0.25) is 0 Å². The van der Waals surface area contributed by atoms with Gasteiger partial charge in [0.1, 0.15) is 0 Å². The molecule has 1 aliphatic heterocycles. The van der Waals surface area contributed by atoms with E-state index in [1.807, 2.05) is 25.1 Å². The Bertz CT molecular complexity index is 664. The lowest BCUT2D eigenvalue weighted by Gasteiger charge is -2.34. The maximum Gasteiger partial charge on any atom is 0.317 e. The van der Waals surface area contributed by atoms with E-state index < -0.39 is 11.9 Å². The van der Waals surface area contributed by atoms with Gasteiger partial charge >= 0.3 is 12.0 Å². The number of aliphatic carboxylic acids is 1. The van der Waals surface area contributed by atoms with Crippen molar-refractivity contribution in [3.8, 4) is 11.5 Å². The van der Waals surface area contributed by atoms with Crippen LogP contribution in [0.2, 0.25) is 0 Å². The van der Waals surface area contributed by atoms with Crippen LogP contribution in [0.1, 0.15) is 25.8 Å². The lowest BCUT2D eigenvalue weighted by molar-refractivity contribution is -0.143. The Morgan fingerprint density at radius 3 is 2.59 bits per heavy atom. The Kier molecular flexibility index (Phi) is 7.33. The standard InChI is InChI=1S/C20H30N2O5/c1-13(7-15-5-6-17(26-3)18(9-15)27-4)10-21-20(25)22-11-14(2)8-16(12-22)19(23)24/h5-6,9,13-14,16H,7-8,10-12H2,1-4H3,(H,21,25)(H,23,24). The topological polar surface area (TPSA) is 88.1 Å². The molecule has 1 aromatic carbocycles. The van der Waals surface area contributed by atoms with Crippen molar-refractivity contribution in [2.75, 3.05) is 33.9 Å². The van der Waals surface area contributed by atoms with Gasteiger partial charge in [-0.05, 0) is 42.4 Å². The van der Waals surface area contributed by atoms with Gasteiger partial charge in [0.25, 0.3) is 0 Å². The van der Waals surface area contributed by atoms with Crippen LogP contribution in [0, 0.1) is 17.8 Å². The lowest BCUT2D eigenvalue weighted by Crippen LogP contribution is -2.50. The number of carbonyl (C=O) groups excluding carboxylic acids is 1. The van der Waals surface area contributed by atoms with Crippen LogP contribution in [0.3, 0.4) is 0 Å². The molecule has 1 aliphatic rings. The van der Waals surface area contributed by atoms with Gasteiger partial charge in [0.15, 0.2) is 11.5 Å². The molecule has 2 rings (SSSR count). The summed E-state index contributed by atoms with van der Waals surface area (Å²) in [4.78, 5) is 25.3. The van der Waals surface area contributed by atoms with Gasteiger partial charge < -0.3 is 24.8 Å². The smallest absolute Gasteiger partial charge is 0.317 e. The van der Waals surface area contributed by atoms with E-state index in [9.17, 15) is 14.7 Å². The number of nitrogens with one attached hydrogen (secondary N) is 1. The number of amides is 2. The molecule has 0 aliphatic carbocycles. The maximum absolute atomic E-state index is 12.4.